The Kier molecular flexibility index (Phi) is 5.33. The summed E-state index contributed by atoms with van der Waals surface area (Å²) in [6, 6.07) is 11.2. The Morgan fingerprint density at radius 1 is 1.24 bits per heavy atom. The highest BCUT2D eigenvalue weighted by Crippen LogP contribution is 2.22. The molecule has 0 heterocycles. The van der Waals surface area contributed by atoms with Gasteiger partial charge in [-0.05, 0) is 58.7 Å². The lowest BCUT2D eigenvalue weighted by molar-refractivity contribution is 0.0734. The van der Waals surface area contributed by atoms with Crippen LogP contribution >= 0.6 is 15.9 Å². The highest BCUT2D eigenvalue weighted by Gasteiger charge is 2.10. The molecule has 0 atom stereocenters. The van der Waals surface area contributed by atoms with Crippen molar-refractivity contribution in [2.45, 2.75) is 13.3 Å². The fourth-order valence-corrected chi connectivity index (χ4v) is 1.95. The largest absolute Gasteiger partial charge is 0.423 e. The summed E-state index contributed by atoms with van der Waals surface area (Å²) in [4.78, 5) is 12.0. The molecule has 0 aromatic heterocycles. The van der Waals surface area contributed by atoms with Crippen LogP contribution in [0.1, 0.15) is 23.7 Å². The lowest BCUT2D eigenvalue weighted by Gasteiger charge is -2.07. The van der Waals surface area contributed by atoms with Crippen molar-refractivity contribution in [2.24, 2.45) is 0 Å². The standard InChI is InChI=1S/C16H15BrFNO2/c1-2-9-19-12-5-3-11(4-6-12)16(20)21-13-7-8-14(17)15(18)10-13/h3-8,10,19H,2,9H2,1H3. The Labute approximate surface area is 131 Å². The van der Waals surface area contributed by atoms with Gasteiger partial charge in [0.05, 0.1) is 10.0 Å². The summed E-state index contributed by atoms with van der Waals surface area (Å²) in [5, 5.41) is 3.22. The van der Waals surface area contributed by atoms with Gasteiger partial charge < -0.3 is 10.1 Å². The van der Waals surface area contributed by atoms with E-state index in [4.69, 9.17) is 4.74 Å². The average Bonchev–Trinajstić information content (AvgIpc) is 2.49. The zero-order chi connectivity index (χ0) is 15.2. The summed E-state index contributed by atoms with van der Waals surface area (Å²) in [5.74, 6) is -0.813. The van der Waals surface area contributed by atoms with E-state index in [0.717, 1.165) is 18.7 Å². The Morgan fingerprint density at radius 2 is 1.95 bits per heavy atom. The molecule has 0 radical (unpaired) electrons. The maximum atomic E-state index is 13.4. The first-order valence-corrected chi connectivity index (χ1v) is 7.40. The first-order valence-electron chi connectivity index (χ1n) is 6.61. The molecule has 0 unspecified atom stereocenters. The fourth-order valence-electron chi connectivity index (χ4n) is 1.70. The molecular formula is C16H15BrFNO2. The van der Waals surface area contributed by atoms with Crippen LogP contribution in [0.4, 0.5) is 10.1 Å². The number of halogens is 2. The van der Waals surface area contributed by atoms with Crippen LogP contribution < -0.4 is 10.1 Å². The molecule has 21 heavy (non-hydrogen) atoms. The predicted molar refractivity (Wildman–Crippen MR) is 84.3 cm³/mol. The van der Waals surface area contributed by atoms with Crippen molar-refractivity contribution < 1.29 is 13.9 Å². The molecule has 3 nitrogen and oxygen atoms in total. The monoisotopic (exact) mass is 351 g/mol. The van der Waals surface area contributed by atoms with Crippen molar-refractivity contribution in [2.75, 3.05) is 11.9 Å². The SMILES string of the molecule is CCCNc1ccc(C(=O)Oc2ccc(Br)c(F)c2)cc1. The molecule has 0 aliphatic carbocycles. The summed E-state index contributed by atoms with van der Waals surface area (Å²) < 4.78 is 18.8. The molecule has 0 amide bonds. The molecule has 1 N–H and O–H groups in total. The maximum Gasteiger partial charge on any atom is 0.343 e. The van der Waals surface area contributed by atoms with Crippen molar-refractivity contribution in [3.05, 3.63) is 58.3 Å². The third-order valence-electron chi connectivity index (χ3n) is 2.80. The molecule has 0 saturated heterocycles. The Morgan fingerprint density at radius 3 is 2.57 bits per heavy atom. The van der Waals surface area contributed by atoms with Gasteiger partial charge in [0.2, 0.25) is 0 Å². The number of nitrogens with one attached hydrogen (secondary N) is 1. The van der Waals surface area contributed by atoms with Crippen molar-refractivity contribution >= 4 is 27.6 Å². The molecule has 0 aliphatic heterocycles. The number of benzene rings is 2. The van der Waals surface area contributed by atoms with Crippen LogP contribution in [-0.2, 0) is 0 Å². The number of esters is 1. The molecule has 0 aliphatic rings. The lowest BCUT2D eigenvalue weighted by atomic mass is 10.2. The normalized spacial score (nSPS) is 10.2. The van der Waals surface area contributed by atoms with E-state index >= 15 is 0 Å². The smallest absolute Gasteiger partial charge is 0.343 e. The quantitative estimate of drug-likeness (QED) is 0.630. The van der Waals surface area contributed by atoms with Gasteiger partial charge in [-0.1, -0.05) is 6.92 Å². The third-order valence-corrected chi connectivity index (χ3v) is 3.44. The minimum absolute atomic E-state index is 0.175. The molecule has 5 heteroatoms. The number of hydrogen-bond donors (Lipinski definition) is 1. The Balaban J connectivity index is 2.04. The first-order chi connectivity index (χ1) is 10.1. The number of anilines is 1. The van der Waals surface area contributed by atoms with Gasteiger partial charge in [-0.2, -0.15) is 0 Å². The summed E-state index contributed by atoms with van der Waals surface area (Å²) in [6.45, 7) is 2.96. The van der Waals surface area contributed by atoms with Gasteiger partial charge in [0, 0.05) is 18.3 Å². The molecule has 2 aromatic carbocycles. The van der Waals surface area contributed by atoms with Gasteiger partial charge in [-0.15, -0.1) is 0 Å². The molecule has 0 bridgehead atoms. The van der Waals surface area contributed by atoms with E-state index in [9.17, 15) is 9.18 Å². The second kappa shape index (κ2) is 7.22. The molecule has 110 valence electrons. The van der Waals surface area contributed by atoms with Crippen LogP contribution in [0, 0.1) is 5.82 Å². The zero-order valence-corrected chi connectivity index (χ0v) is 13.1. The van der Waals surface area contributed by atoms with Gasteiger partial charge >= 0.3 is 5.97 Å². The van der Waals surface area contributed by atoms with Crippen LogP contribution in [0.15, 0.2) is 46.9 Å². The van der Waals surface area contributed by atoms with Crippen molar-refractivity contribution in [3.63, 3.8) is 0 Å². The minimum atomic E-state index is -0.515. The molecule has 2 aromatic rings. The van der Waals surface area contributed by atoms with Gasteiger partial charge in [-0.3, -0.25) is 0 Å². The van der Waals surface area contributed by atoms with E-state index in [-0.39, 0.29) is 5.75 Å². The van der Waals surface area contributed by atoms with Crippen LogP contribution in [0.5, 0.6) is 5.75 Å². The van der Waals surface area contributed by atoms with Gasteiger partial charge in [0.1, 0.15) is 11.6 Å². The third kappa shape index (κ3) is 4.29. The van der Waals surface area contributed by atoms with Crippen LogP contribution in [-0.4, -0.2) is 12.5 Å². The van der Waals surface area contributed by atoms with E-state index in [1.54, 1.807) is 12.1 Å². The number of rotatable bonds is 5. The highest BCUT2D eigenvalue weighted by atomic mass is 79.9. The van der Waals surface area contributed by atoms with Gasteiger partial charge in [0.25, 0.3) is 0 Å². The Hall–Kier alpha value is -1.88. The molecule has 2 rings (SSSR count). The van der Waals surface area contributed by atoms with Crippen LogP contribution in [0.3, 0.4) is 0 Å². The predicted octanol–water partition coefficient (Wildman–Crippen LogP) is 4.63. The van der Waals surface area contributed by atoms with Gasteiger partial charge in [0.15, 0.2) is 0 Å². The van der Waals surface area contributed by atoms with E-state index in [0.29, 0.717) is 10.0 Å². The lowest BCUT2D eigenvalue weighted by Crippen LogP contribution is -2.09. The first kappa shape index (κ1) is 15.5. The van der Waals surface area contributed by atoms with Crippen molar-refractivity contribution in [1.29, 1.82) is 0 Å². The second-order valence-corrected chi connectivity index (χ2v) is 5.32. The number of carbonyl (C=O) groups excluding carboxylic acids is 1. The van der Waals surface area contributed by atoms with Crippen molar-refractivity contribution in [1.82, 2.24) is 0 Å². The fraction of sp³-hybridized carbons (Fsp3) is 0.188. The van der Waals surface area contributed by atoms with Crippen LogP contribution in [0.2, 0.25) is 0 Å². The van der Waals surface area contributed by atoms with Crippen molar-refractivity contribution in [3.8, 4) is 5.75 Å². The topological polar surface area (TPSA) is 38.3 Å². The summed E-state index contributed by atoms with van der Waals surface area (Å²) in [7, 11) is 0. The average molecular weight is 352 g/mol. The highest BCUT2D eigenvalue weighted by molar-refractivity contribution is 9.10. The summed E-state index contributed by atoms with van der Waals surface area (Å²) in [5.41, 5.74) is 1.36. The minimum Gasteiger partial charge on any atom is -0.423 e. The second-order valence-electron chi connectivity index (χ2n) is 4.47. The number of carbonyl (C=O) groups is 1. The van der Waals surface area contributed by atoms with Crippen LogP contribution in [0.25, 0.3) is 0 Å². The molecule has 0 spiro atoms. The zero-order valence-electron chi connectivity index (χ0n) is 11.5. The van der Waals surface area contributed by atoms with Gasteiger partial charge in [-0.25, -0.2) is 9.18 Å². The van der Waals surface area contributed by atoms with E-state index < -0.39 is 11.8 Å². The Bertz CT molecular complexity index is 629. The molecule has 0 saturated carbocycles. The number of hydrogen-bond acceptors (Lipinski definition) is 3. The maximum absolute atomic E-state index is 13.4. The molecular weight excluding hydrogens is 337 g/mol. The van der Waals surface area contributed by atoms with E-state index in [1.807, 2.05) is 12.1 Å². The molecule has 0 fully saturated rings. The van der Waals surface area contributed by atoms with E-state index in [1.165, 1.54) is 18.2 Å². The number of ether oxygens (including phenoxy) is 1. The summed E-state index contributed by atoms with van der Waals surface area (Å²) >= 11 is 3.05. The summed E-state index contributed by atoms with van der Waals surface area (Å²) in [6.07, 6.45) is 1.03. The van der Waals surface area contributed by atoms with E-state index in [2.05, 4.69) is 28.2 Å².